The second kappa shape index (κ2) is 5.45. The zero-order chi connectivity index (χ0) is 13.0. The Hall–Kier alpha value is -2.16. The molecule has 2 rings (SSSR count). The van der Waals surface area contributed by atoms with Crippen LogP contribution in [0.4, 0.5) is 4.39 Å². The van der Waals surface area contributed by atoms with Gasteiger partial charge in [-0.3, -0.25) is 4.79 Å². The molecular weight excluding hydrogens is 231 g/mol. The first-order valence-corrected chi connectivity index (χ1v) is 5.61. The maximum absolute atomic E-state index is 13.6. The number of esters is 1. The number of ether oxygens (including phenoxy) is 1. The van der Waals surface area contributed by atoms with Crippen LogP contribution in [0.5, 0.6) is 0 Å². The van der Waals surface area contributed by atoms with E-state index in [1.165, 1.54) is 13.2 Å². The molecule has 0 spiro atoms. The van der Waals surface area contributed by atoms with Crippen LogP contribution in [-0.4, -0.2) is 13.1 Å². The molecule has 0 saturated carbocycles. The molecule has 0 aliphatic carbocycles. The van der Waals surface area contributed by atoms with Crippen molar-refractivity contribution in [3.05, 3.63) is 59.9 Å². The Morgan fingerprint density at radius 2 is 1.78 bits per heavy atom. The smallest absolute Gasteiger partial charge is 0.309 e. The Balaban J connectivity index is 2.23. The van der Waals surface area contributed by atoms with Crippen molar-refractivity contribution in [1.82, 2.24) is 0 Å². The van der Waals surface area contributed by atoms with Crippen LogP contribution in [0.3, 0.4) is 0 Å². The van der Waals surface area contributed by atoms with Gasteiger partial charge in [-0.15, -0.1) is 0 Å². The van der Waals surface area contributed by atoms with Gasteiger partial charge in [-0.2, -0.15) is 0 Å². The highest BCUT2D eigenvalue weighted by atomic mass is 19.1. The first-order valence-electron chi connectivity index (χ1n) is 5.61. The van der Waals surface area contributed by atoms with Gasteiger partial charge >= 0.3 is 5.97 Å². The molecule has 0 unspecified atom stereocenters. The minimum Gasteiger partial charge on any atom is -0.469 e. The fourth-order valence-corrected chi connectivity index (χ4v) is 1.74. The summed E-state index contributed by atoms with van der Waals surface area (Å²) < 4.78 is 18.2. The number of carbonyl (C=O) groups is 1. The fourth-order valence-electron chi connectivity index (χ4n) is 1.74. The third-order valence-corrected chi connectivity index (χ3v) is 2.71. The van der Waals surface area contributed by atoms with Crippen LogP contribution in [0.25, 0.3) is 11.1 Å². The average molecular weight is 244 g/mol. The SMILES string of the molecule is COC(=O)Cc1ccc(-c2ccccc2F)cc1. The van der Waals surface area contributed by atoms with Crippen molar-refractivity contribution in [3.8, 4) is 11.1 Å². The van der Waals surface area contributed by atoms with Crippen molar-refractivity contribution in [3.63, 3.8) is 0 Å². The van der Waals surface area contributed by atoms with Gasteiger partial charge in [-0.25, -0.2) is 4.39 Å². The lowest BCUT2D eigenvalue weighted by Gasteiger charge is -2.05. The predicted molar refractivity (Wildman–Crippen MR) is 67.6 cm³/mol. The summed E-state index contributed by atoms with van der Waals surface area (Å²) in [6.07, 6.45) is 0.230. The summed E-state index contributed by atoms with van der Waals surface area (Å²) in [5.41, 5.74) is 2.20. The van der Waals surface area contributed by atoms with Crippen LogP contribution in [0, 0.1) is 5.82 Å². The summed E-state index contributed by atoms with van der Waals surface area (Å²) >= 11 is 0. The van der Waals surface area contributed by atoms with E-state index in [0.717, 1.165) is 11.1 Å². The summed E-state index contributed by atoms with van der Waals surface area (Å²) in [5.74, 6) is -0.535. The summed E-state index contributed by atoms with van der Waals surface area (Å²) in [6.45, 7) is 0. The van der Waals surface area contributed by atoms with Crippen LogP contribution >= 0.6 is 0 Å². The van der Waals surface area contributed by atoms with Gasteiger partial charge in [0.05, 0.1) is 13.5 Å². The van der Waals surface area contributed by atoms with Crippen molar-refractivity contribution in [2.45, 2.75) is 6.42 Å². The van der Waals surface area contributed by atoms with E-state index in [2.05, 4.69) is 4.74 Å². The molecule has 2 aromatic rings. The predicted octanol–water partition coefficient (Wildman–Crippen LogP) is 3.21. The summed E-state index contributed by atoms with van der Waals surface area (Å²) in [5, 5.41) is 0. The zero-order valence-electron chi connectivity index (χ0n) is 10.0. The number of hydrogen-bond donors (Lipinski definition) is 0. The highest BCUT2D eigenvalue weighted by molar-refractivity contribution is 5.73. The quantitative estimate of drug-likeness (QED) is 0.775. The average Bonchev–Trinajstić information content (AvgIpc) is 2.40. The lowest BCUT2D eigenvalue weighted by Crippen LogP contribution is -2.04. The molecule has 0 bridgehead atoms. The topological polar surface area (TPSA) is 26.3 Å². The van der Waals surface area contributed by atoms with Gasteiger partial charge in [-0.05, 0) is 17.2 Å². The van der Waals surface area contributed by atoms with E-state index in [1.54, 1.807) is 42.5 Å². The van der Waals surface area contributed by atoms with Crippen molar-refractivity contribution in [1.29, 1.82) is 0 Å². The monoisotopic (exact) mass is 244 g/mol. The van der Waals surface area contributed by atoms with Crippen LogP contribution in [0.2, 0.25) is 0 Å². The van der Waals surface area contributed by atoms with Gasteiger partial charge in [0.2, 0.25) is 0 Å². The van der Waals surface area contributed by atoms with E-state index in [4.69, 9.17) is 0 Å². The molecule has 0 aromatic heterocycles. The molecule has 0 aliphatic rings. The molecule has 0 aliphatic heterocycles. The van der Waals surface area contributed by atoms with E-state index in [0.29, 0.717) is 5.56 Å². The molecule has 0 amide bonds. The lowest BCUT2D eigenvalue weighted by atomic mass is 10.0. The maximum Gasteiger partial charge on any atom is 0.309 e. The molecule has 0 heterocycles. The molecule has 0 saturated heterocycles. The molecule has 0 N–H and O–H groups in total. The van der Waals surface area contributed by atoms with Crippen LogP contribution in [0.1, 0.15) is 5.56 Å². The minimum atomic E-state index is -0.284. The van der Waals surface area contributed by atoms with E-state index in [1.807, 2.05) is 0 Å². The highest BCUT2D eigenvalue weighted by Gasteiger charge is 2.05. The summed E-state index contributed by atoms with van der Waals surface area (Å²) in [7, 11) is 1.36. The Morgan fingerprint density at radius 3 is 2.39 bits per heavy atom. The number of carbonyl (C=O) groups excluding carboxylic acids is 1. The molecular formula is C15H13FO2. The van der Waals surface area contributed by atoms with Crippen LogP contribution in [-0.2, 0) is 16.0 Å². The highest BCUT2D eigenvalue weighted by Crippen LogP contribution is 2.22. The Morgan fingerprint density at radius 1 is 1.11 bits per heavy atom. The van der Waals surface area contributed by atoms with Gasteiger partial charge in [-0.1, -0.05) is 42.5 Å². The number of methoxy groups -OCH3 is 1. The third-order valence-electron chi connectivity index (χ3n) is 2.71. The number of hydrogen-bond acceptors (Lipinski definition) is 2. The van der Waals surface area contributed by atoms with Gasteiger partial charge in [0.25, 0.3) is 0 Å². The van der Waals surface area contributed by atoms with E-state index in [9.17, 15) is 9.18 Å². The van der Waals surface area contributed by atoms with E-state index < -0.39 is 0 Å². The van der Waals surface area contributed by atoms with Crippen molar-refractivity contribution in [2.24, 2.45) is 0 Å². The zero-order valence-corrected chi connectivity index (χ0v) is 10.0. The van der Waals surface area contributed by atoms with Gasteiger partial charge < -0.3 is 4.74 Å². The first-order chi connectivity index (χ1) is 8.70. The first kappa shape index (κ1) is 12.3. The molecule has 0 radical (unpaired) electrons. The molecule has 3 heteroatoms. The molecule has 2 nitrogen and oxygen atoms in total. The Bertz CT molecular complexity index is 547. The lowest BCUT2D eigenvalue weighted by molar-refractivity contribution is -0.139. The Kier molecular flexibility index (Phi) is 3.72. The molecule has 0 atom stereocenters. The largest absolute Gasteiger partial charge is 0.469 e. The fraction of sp³-hybridized carbons (Fsp3) is 0.133. The molecule has 0 fully saturated rings. The Labute approximate surface area is 105 Å². The molecule has 18 heavy (non-hydrogen) atoms. The number of benzene rings is 2. The second-order valence-corrected chi connectivity index (χ2v) is 3.93. The third kappa shape index (κ3) is 2.74. The summed E-state index contributed by atoms with van der Waals surface area (Å²) in [6, 6.07) is 13.8. The van der Waals surface area contributed by atoms with Crippen LogP contribution in [0.15, 0.2) is 48.5 Å². The maximum atomic E-state index is 13.6. The second-order valence-electron chi connectivity index (χ2n) is 3.93. The van der Waals surface area contributed by atoms with E-state index in [-0.39, 0.29) is 18.2 Å². The van der Waals surface area contributed by atoms with Gasteiger partial charge in [0.1, 0.15) is 5.82 Å². The van der Waals surface area contributed by atoms with Crippen molar-refractivity contribution < 1.29 is 13.9 Å². The number of rotatable bonds is 3. The standard InChI is InChI=1S/C15H13FO2/c1-18-15(17)10-11-6-8-12(9-7-11)13-4-2-3-5-14(13)16/h2-9H,10H2,1H3. The summed E-state index contributed by atoms with van der Waals surface area (Å²) in [4.78, 5) is 11.1. The van der Waals surface area contributed by atoms with Crippen LogP contribution < -0.4 is 0 Å². The molecule has 2 aromatic carbocycles. The van der Waals surface area contributed by atoms with Gasteiger partial charge in [0, 0.05) is 5.56 Å². The van der Waals surface area contributed by atoms with Crippen molar-refractivity contribution in [2.75, 3.05) is 7.11 Å². The molecule has 92 valence electrons. The number of halogens is 1. The van der Waals surface area contributed by atoms with Crippen molar-refractivity contribution >= 4 is 5.97 Å². The van der Waals surface area contributed by atoms with Gasteiger partial charge in [0.15, 0.2) is 0 Å². The minimum absolute atomic E-state index is 0.230. The van der Waals surface area contributed by atoms with E-state index >= 15 is 0 Å². The normalized spacial score (nSPS) is 10.1.